The highest BCUT2D eigenvalue weighted by atomic mass is 19.1. The van der Waals surface area contributed by atoms with Gasteiger partial charge in [-0.2, -0.15) is 4.98 Å². The zero-order chi connectivity index (χ0) is 17.3. The number of benzene rings is 1. The fourth-order valence-corrected chi connectivity index (χ4v) is 2.29. The summed E-state index contributed by atoms with van der Waals surface area (Å²) < 4.78 is 40.7. The molecule has 1 aromatic heterocycles. The summed E-state index contributed by atoms with van der Waals surface area (Å²) in [6.07, 6.45) is 2.97. The molecule has 0 radical (unpaired) electrons. The van der Waals surface area contributed by atoms with Crippen LogP contribution in [0.2, 0.25) is 0 Å². The SMILES string of the molecule is CC[C@H](C)Nc1nc(Nc2c(F)cc(F)cc2F)cc(C2CC2)n1. The molecule has 1 saturated carbocycles. The fraction of sp³-hybridized carbons (Fsp3) is 0.412. The number of hydrogen-bond donors (Lipinski definition) is 2. The van der Waals surface area contributed by atoms with E-state index in [1.165, 1.54) is 0 Å². The van der Waals surface area contributed by atoms with Gasteiger partial charge in [-0.05, 0) is 26.2 Å². The third kappa shape index (κ3) is 3.77. The molecular formula is C17H19F3N4. The molecule has 1 atom stereocenters. The van der Waals surface area contributed by atoms with Crippen molar-refractivity contribution in [1.29, 1.82) is 0 Å². The predicted octanol–water partition coefficient (Wildman–Crippen LogP) is 4.73. The molecule has 0 bridgehead atoms. The summed E-state index contributed by atoms with van der Waals surface area (Å²) in [5, 5.41) is 5.78. The lowest BCUT2D eigenvalue weighted by atomic mass is 10.2. The first-order valence-electron chi connectivity index (χ1n) is 8.03. The van der Waals surface area contributed by atoms with Crippen LogP contribution < -0.4 is 10.6 Å². The summed E-state index contributed by atoms with van der Waals surface area (Å²) in [7, 11) is 0. The molecule has 0 amide bonds. The molecule has 0 aliphatic heterocycles. The first-order chi connectivity index (χ1) is 11.5. The van der Waals surface area contributed by atoms with Gasteiger partial charge in [0.25, 0.3) is 0 Å². The van der Waals surface area contributed by atoms with Gasteiger partial charge in [0.15, 0.2) is 11.6 Å². The largest absolute Gasteiger partial charge is 0.352 e. The van der Waals surface area contributed by atoms with E-state index in [4.69, 9.17) is 0 Å². The summed E-state index contributed by atoms with van der Waals surface area (Å²) in [4.78, 5) is 8.75. The molecule has 3 rings (SSSR count). The molecule has 0 saturated heterocycles. The Bertz CT molecular complexity index is 724. The summed E-state index contributed by atoms with van der Waals surface area (Å²) >= 11 is 0. The minimum absolute atomic E-state index is 0.173. The van der Waals surface area contributed by atoms with Crippen LogP contribution in [0, 0.1) is 17.5 Å². The van der Waals surface area contributed by atoms with Crippen LogP contribution in [-0.2, 0) is 0 Å². The van der Waals surface area contributed by atoms with Crippen LogP contribution >= 0.6 is 0 Å². The standard InChI is InChI=1S/C17H19F3N4/c1-3-9(2)21-17-22-14(10-4-5-10)8-15(24-17)23-16-12(19)6-11(18)7-13(16)20/h6-10H,3-5H2,1-2H3,(H2,21,22,23,24)/t9-/m0/s1. The molecule has 24 heavy (non-hydrogen) atoms. The number of rotatable bonds is 6. The molecule has 1 aliphatic carbocycles. The fourth-order valence-electron chi connectivity index (χ4n) is 2.29. The zero-order valence-electron chi connectivity index (χ0n) is 13.5. The van der Waals surface area contributed by atoms with Crippen molar-refractivity contribution in [2.75, 3.05) is 10.6 Å². The summed E-state index contributed by atoms with van der Waals surface area (Å²) in [6.45, 7) is 4.03. The molecule has 0 spiro atoms. The highest BCUT2D eigenvalue weighted by Gasteiger charge is 2.26. The van der Waals surface area contributed by atoms with Crippen molar-refractivity contribution >= 4 is 17.5 Å². The molecule has 7 heteroatoms. The predicted molar refractivity (Wildman–Crippen MR) is 87.0 cm³/mol. The maximum Gasteiger partial charge on any atom is 0.225 e. The smallest absolute Gasteiger partial charge is 0.225 e. The second-order valence-electron chi connectivity index (χ2n) is 6.10. The highest BCUT2D eigenvalue weighted by Crippen LogP contribution is 2.40. The molecule has 1 heterocycles. The maximum absolute atomic E-state index is 13.8. The normalized spacial score (nSPS) is 15.2. The number of aromatic nitrogens is 2. The van der Waals surface area contributed by atoms with E-state index in [-0.39, 0.29) is 11.9 Å². The van der Waals surface area contributed by atoms with Gasteiger partial charge in [-0.1, -0.05) is 6.92 Å². The third-order valence-electron chi connectivity index (χ3n) is 3.99. The monoisotopic (exact) mass is 336 g/mol. The van der Waals surface area contributed by atoms with Gasteiger partial charge >= 0.3 is 0 Å². The van der Waals surface area contributed by atoms with Crippen molar-refractivity contribution in [3.8, 4) is 0 Å². The minimum Gasteiger partial charge on any atom is -0.352 e. The van der Waals surface area contributed by atoms with Crippen LogP contribution in [0.1, 0.15) is 44.7 Å². The highest BCUT2D eigenvalue weighted by molar-refractivity contribution is 5.59. The first-order valence-corrected chi connectivity index (χ1v) is 8.03. The molecule has 1 fully saturated rings. The Morgan fingerprint density at radius 2 is 1.79 bits per heavy atom. The van der Waals surface area contributed by atoms with Crippen LogP contribution in [0.25, 0.3) is 0 Å². The first kappa shape index (κ1) is 16.5. The Morgan fingerprint density at radius 3 is 2.38 bits per heavy atom. The minimum atomic E-state index is -1.00. The van der Waals surface area contributed by atoms with Crippen LogP contribution in [0.5, 0.6) is 0 Å². The Hall–Kier alpha value is -2.31. The van der Waals surface area contributed by atoms with E-state index in [0.29, 0.717) is 24.0 Å². The Balaban J connectivity index is 1.92. The van der Waals surface area contributed by atoms with Crippen molar-refractivity contribution in [2.45, 2.75) is 45.1 Å². The summed E-state index contributed by atoms with van der Waals surface area (Å²) in [5.41, 5.74) is 0.410. The number of halogens is 3. The second kappa shape index (κ2) is 6.67. The molecule has 4 nitrogen and oxygen atoms in total. The van der Waals surface area contributed by atoms with Crippen molar-refractivity contribution in [3.05, 3.63) is 41.3 Å². The van der Waals surface area contributed by atoms with Crippen LogP contribution in [0.15, 0.2) is 18.2 Å². The van der Waals surface area contributed by atoms with Gasteiger partial charge in [0.1, 0.15) is 17.3 Å². The van der Waals surface area contributed by atoms with Crippen LogP contribution in [0.4, 0.5) is 30.6 Å². The molecule has 0 unspecified atom stereocenters. The molecule has 2 N–H and O–H groups in total. The molecule has 2 aromatic rings. The van der Waals surface area contributed by atoms with Crippen LogP contribution in [-0.4, -0.2) is 16.0 Å². The lowest BCUT2D eigenvalue weighted by Gasteiger charge is -2.15. The van der Waals surface area contributed by atoms with Crippen LogP contribution in [0.3, 0.4) is 0 Å². The topological polar surface area (TPSA) is 49.8 Å². The van der Waals surface area contributed by atoms with Gasteiger partial charge < -0.3 is 10.6 Å². The van der Waals surface area contributed by atoms with Gasteiger partial charge in [0, 0.05) is 30.2 Å². The molecule has 1 aromatic carbocycles. The van der Waals surface area contributed by atoms with E-state index in [0.717, 1.165) is 25.0 Å². The summed E-state index contributed by atoms with van der Waals surface area (Å²) in [5.74, 6) is -1.92. The lowest BCUT2D eigenvalue weighted by molar-refractivity contribution is 0.548. The van der Waals surface area contributed by atoms with E-state index < -0.39 is 23.1 Å². The number of nitrogens with zero attached hydrogens (tertiary/aromatic N) is 2. The number of anilines is 3. The van der Waals surface area contributed by atoms with E-state index in [1.807, 2.05) is 13.8 Å². The van der Waals surface area contributed by atoms with Gasteiger partial charge in [-0.15, -0.1) is 0 Å². The Morgan fingerprint density at radius 1 is 1.12 bits per heavy atom. The van der Waals surface area contributed by atoms with Crippen molar-refractivity contribution in [3.63, 3.8) is 0 Å². The molecular weight excluding hydrogens is 317 g/mol. The summed E-state index contributed by atoms with van der Waals surface area (Å²) in [6, 6.07) is 3.12. The van der Waals surface area contributed by atoms with Crippen molar-refractivity contribution in [1.82, 2.24) is 9.97 Å². The van der Waals surface area contributed by atoms with Gasteiger partial charge in [0.2, 0.25) is 5.95 Å². The quantitative estimate of drug-likeness (QED) is 0.801. The zero-order valence-corrected chi connectivity index (χ0v) is 13.5. The average Bonchev–Trinajstić information content (AvgIpc) is 3.35. The van der Waals surface area contributed by atoms with Gasteiger partial charge in [0.05, 0.1) is 5.69 Å². The second-order valence-corrected chi connectivity index (χ2v) is 6.10. The number of nitrogens with one attached hydrogen (secondary N) is 2. The van der Waals surface area contributed by atoms with Gasteiger partial charge in [-0.25, -0.2) is 18.2 Å². The maximum atomic E-state index is 13.8. The van der Waals surface area contributed by atoms with Crippen molar-refractivity contribution < 1.29 is 13.2 Å². The lowest BCUT2D eigenvalue weighted by Crippen LogP contribution is -2.16. The molecule has 1 aliphatic rings. The third-order valence-corrected chi connectivity index (χ3v) is 3.99. The van der Waals surface area contributed by atoms with Crippen molar-refractivity contribution in [2.24, 2.45) is 0 Å². The molecule has 128 valence electrons. The average molecular weight is 336 g/mol. The number of hydrogen-bond acceptors (Lipinski definition) is 4. The van der Waals surface area contributed by atoms with E-state index in [2.05, 4.69) is 20.6 Å². The van der Waals surface area contributed by atoms with E-state index in [9.17, 15) is 13.2 Å². The Labute approximate surface area is 138 Å². The van der Waals surface area contributed by atoms with Gasteiger partial charge in [-0.3, -0.25) is 0 Å². The Kier molecular flexibility index (Phi) is 4.59. The van der Waals surface area contributed by atoms with E-state index in [1.54, 1.807) is 6.07 Å². The van der Waals surface area contributed by atoms with E-state index >= 15 is 0 Å².